The maximum Gasteiger partial charge on any atom is 0.296 e. The Morgan fingerprint density at radius 3 is 2.85 bits per heavy atom. The maximum atomic E-state index is 14.4. The van der Waals surface area contributed by atoms with Gasteiger partial charge in [-0.05, 0) is 37.0 Å². The highest BCUT2D eigenvalue weighted by atomic mass is 19.1. The van der Waals surface area contributed by atoms with E-state index in [9.17, 15) is 14.5 Å². The third-order valence-electron chi connectivity index (χ3n) is 5.17. The molecular formula is C20H19FN2O3. The number of fused-ring (bicyclic) bond motifs is 3. The third kappa shape index (κ3) is 2.62. The van der Waals surface area contributed by atoms with Gasteiger partial charge in [0.25, 0.3) is 5.69 Å². The molecule has 0 saturated heterocycles. The largest absolute Gasteiger partial charge is 0.494 e. The monoisotopic (exact) mass is 354 g/mol. The van der Waals surface area contributed by atoms with Gasteiger partial charge in [0.15, 0.2) is 0 Å². The lowest BCUT2D eigenvalue weighted by molar-refractivity contribution is -0.384. The number of hydrogen-bond donors (Lipinski definition) is 1. The van der Waals surface area contributed by atoms with Crippen molar-refractivity contribution in [3.05, 3.63) is 75.6 Å². The molecule has 1 aliphatic carbocycles. The van der Waals surface area contributed by atoms with E-state index >= 15 is 0 Å². The first-order valence-electron chi connectivity index (χ1n) is 8.73. The topological polar surface area (TPSA) is 64.4 Å². The van der Waals surface area contributed by atoms with Gasteiger partial charge < -0.3 is 10.1 Å². The lowest BCUT2D eigenvalue weighted by atomic mass is 9.76. The van der Waals surface area contributed by atoms with Gasteiger partial charge in [0.2, 0.25) is 0 Å². The van der Waals surface area contributed by atoms with Gasteiger partial charge in [-0.1, -0.05) is 30.4 Å². The molecule has 0 unspecified atom stereocenters. The van der Waals surface area contributed by atoms with Crippen molar-refractivity contribution in [1.82, 2.24) is 0 Å². The van der Waals surface area contributed by atoms with E-state index in [1.54, 1.807) is 18.2 Å². The first-order valence-corrected chi connectivity index (χ1v) is 8.73. The van der Waals surface area contributed by atoms with Crippen LogP contribution in [0.15, 0.2) is 48.6 Å². The second-order valence-electron chi connectivity index (χ2n) is 6.59. The smallest absolute Gasteiger partial charge is 0.296 e. The summed E-state index contributed by atoms with van der Waals surface area (Å²) in [6.07, 6.45) is 4.93. The van der Waals surface area contributed by atoms with E-state index in [0.717, 1.165) is 12.0 Å². The van der Waals surface area contributed by atoms with Crippen molar-refractivity contribution in [2.75, 3.05) is 11.9 Å². The van der Waals surface area contributed by atoms with Gasteiger partial charge in [-0.25, -0.2) is 4.39 Å². The molecule has 3 atom stereocenters. The molecule has 2 aromatic carbocycles. The SMILES string of the molecule is CCOc1cc2c(c([N+](=O)[O-])c1)N[C@H](c1ccccc1F)[C@@H]1CC=C[C@@H]21. The number of nitro groups is 1. The molecule has 6 heteroatoms. The Kier molecular flexibility index (Phi) is 4.11. The van der Waals surface area contributed by atoms with E-state index in [-0.39, 0.29) is 29.4 Å². The molecule has 0 radical (unpaired) electrons. The number of hydrogen-bond acceptors (Lipinski definition) is 4. The molecule has 4 rings (SSSR count). The van der Waals surface area contributed by atoms with Crippen LogP contribution in [0, 0.1) is 21.8 Å². The van der Waals surface area contributed by atoms with Gasteiger partial charge in [0.1, 0.15) is 17.3 Å². The van der Waals surface area contributed by atoms with Gasteiger partial charge in [-0.15, -0.1) is 0 Å². The van der Waals surface area contributed by atoms with Crippen molar-refractivity contribution >= 4 is 11.4 Å². The zero-order chi connectivity index (χ0) is 18.3. The van der Waals surface area contributed by atoms with Crippen molar-refractivity contribution in [1.29, 1.82) is 0 Å². The van der Waals surface area contributed by atoms with Gasteiger partial charge in [-0.3, -0.25) is 10.1 Å². The molecular weight excluding hydrogens is 335 g/mol. The molecule has 2 aliphatic rings. The molecule has 0 bridgehead atoms. The number of nitro benzene ring substituents is 1. The van der Waals surface area contributed by atoms with E-state index in [1.165, 1.54) is 12.1 Å². The quantitative estimate of drug-likeness (QED) is 0.479. The number of anilines is 1. The summed E-state index contributed by atoms with van der Waals surface area (Å²) in [7, 11) is 0. The van der Waals surface area contributed by atoms with E-state index in [4.69, 9.17) is 4.74 Å². The van der Waals surface area contributed by atoms with Crippen LogP contribution in [-0.4, -0.2) is 11.5 Å². The number of nitrogens with zero attached hydrogens (tertiary/aromatic N) is 1. The normalized spacial score (nSPS) is 23.1. The minimum atomic E-state index is -0.411. The third-order valence-corrected chi connectivity index (χ3v) is 5.17. The van der Waals surface area contributed by atoms with E-state index in [2.05, 4.69) is 17.5 Å². The maximum absolute atomic E-state index is 14.4. The molecule has 5 nitrogen and oxygen atoms in total. The molecule has 0 fully saturated rings. The fraction of sp³-hybridized carbons (Fsp3) is 0.300. The highest BCUT2D eigenvalue weighted by molar-refractivity contribution is 5.73. The highest BCUT2D eigenvalue weighted by Crippen LogP contribution is 2.53. The van der Waals surface area contributed by atoms with Crippen LogP contribution in [0.25, 0.3) is 0 Å². The van der Waals surface area contributed by atoms with Gasteiger partial charge in [-0.2, -0.15) is 0 Å². The average molecular weight is 354 g/mol. The minimum Gasteiger partial charge on any atom is -0.494 e. The van der Waals surface area contributed by atoms with Crippen LogP contribution in [0.1, 0.15) is 36.4 Å². The Hall–Kier alpha value is -2.89. The Balaban J connectivity index is 1.87. The minimum absolute atomic E-state index is 0.00466. The van der Waals surface area contributed by atoms with Gasteiger partial charge in [0.05, 0.1) is 23.6 Å². The van der Waals surface area contributed by atoms with E-state index in [1.807, 2.05) is 13.0 Å². The number of rotatable bonds is 4. The molecule has 26 heavy (non-hydrogen) atoms. The highest BCUT2D eigenvalue weighted by Gasteiger charge is 2.41. The zero-order valence-electron chi connectivity index (χ0n) is 14.3. The Morgan fingerprint density at radius 1 is 1.31 bits per heavy atom. The summed E-state index contributed by atoms with van der Waals surface area (Å²) in [6.45, 7) is 2.28. The van der Waals surface area contributed by atoms with Gasteiger partial charge >= 0.3 is 0 Å². The predicted octanol–water partition coefficient (Wildman–Crippen LogP) is 4.96. The van der Waals surface area contributed by atoms with Crippen molar-refractivity contribution in [2.24, 2.45) is 5.92 Å². The summed E-state index contributed by atoms with van der Waals surface area (Å²) in [5.74, 6) is 0.293. The Morgan fingerprint density at radius 2 is 2.12 bits per heavy atom. The number of benzene rings is 2. The van der Waals surface area contributed by atoms with Gasteiger partial charge in [0, 0.05) is 11.5 Å². The molecule has 1 heterocycles. The van der Waals surface area contributed by atoms with Crippen LogP contribution < -0.4 is 10.1 Å². The summed E-state index contributed by atoms with van der Waals surface area (Å²) in [5.41, 5.74) is 1.81. The molecule has 0 amide bonds. The molecule has 0 aromatic heterocycles. The summed E-state index contributed by atoms with van der Waals surface area (Å²) >= 11 is 0. The van der Waals surface area contributed by atoms with Crippen LogP contribution in [0.2, 0.25) is 0 Å². The lowest BCUT2D eigenvalue weighted by Crippen LogP contribution is -2.30. The van der Waals surface area contributed by atoms with Crippen molar-refractivity contribution in [3.8, 4) is 5.75 Å². The van der Waals surface area contributed by atoms with E-state index < -0.39 is 4.92 Å². The zero-order valence-corrected chi connectivity index (χ0v) is 14.3. The predicted molar refractivity (Wildman–Crippen MR) is 97.0 cm³/mol. The van der Waals surface area contributed by atoms with Crippen molar-refractivity contribution < 1.29 is 14.1 Å². The fourth-order valence-corrected chi connectivity index (χ4v) is 4.08. The second kappa shape index (κ2) is 6.44. The fourth-order valence-electron chi connectivity index (χ4n) is 4.08. The summed E-state index contributed by atoms with van der Waals surface area (Å²) < 4.78 is 19.9. The van der Waals surface area contributed by atoms with Crippen molar-refractivity contribution in [3.63, 3.8) is 0 Å². The van der Waals surface area contributed by atoms with Crippen LogP contribution in [0.5, 0.6) is 5.75 Å². The molecule has 0 spiro atoms. The standard InChI is InChI=1S/C20H19FN2O3/c1-2-26-12-10-16-13-7-5-8-14(13)19(15-6-3-4-9-17(15)21)22-20(16)18(11-12)23(24)25/h3-7,9-11,13-14,19,22H,2,8H2,1H3/t13-,14-,19+/m1/s1. The summed E-state index contributed by atoms with van der Waals surface area (Å²) in [4.78, 5) is 11.2. The molecule has 0 saturated carbocycles. The summed E-state index contributed by atoms with van der Waals surface area (Å²) in [6, 6.07) is 9.59. The molecule has 134 valence electrons. The van der Waals surface area contributed by atoms with E-state index in [0.29, 0.717) is 23.6 Å². The second-order valence-corrected chi connectivity index (χ2v) is 6.59. The molecule has 2 aromatic rings. The van der Waals surface area contributed by atoms with Crippen LogP contribution in [-0.2, 0) is 0 Å². The first-order chi connectivity index (χ1) is 12.6. The van der Waals surface area contributed by atoms with Crippen molar-refractivity contribution in [2.45, 2.75) is 25.3 Å². The lowest BCUT2D eigenvalue weighted by Gasteiger charge is -2.37. The molecule has 1 N–H and O–H groups in total. The summed E-state index contributed by atoms with van der Waals surface area (Å²) in [5, 5.41) is 14.9. The van der Waals surface area contributed by atoms with Crippen LogP contribution >= 0.6 is 0 Å². The number of ether oxygens (including phenoxy) is 1. The average Bonchev–Trinajstić information content (AvgIpc) is 3.11. The van der Waals surface area contributed by atoms with Crippen LogP contribution in [0.4, 0.5) is 15.8 Å². The number of halogens is 1. The Bertz CT molecular complexity index is 897. The van der Waals surface area contributed by atoms with Crippen LogP contribution in [0.3, 0.4) is 0 Å². The first kappa shape index (κ1) is 16.6. The molecule has 1 aliphatic heterocycles. The number of nitrogens with one attached hydrogen (secondary N) is 1. The number of allylic oxidation sites excluding steroid dienone is 2. The Labute approximate surface area is 150 Å².